The van der Waals surface area contributed by atoms with Gasteiger partial charge in [0.2, 0.25) is 17.6 Å². The number of rotatable bonds is 3. The summed E-state index contributed by atoms with van der Waals surface area (Å²) in [6.45, 7) is 3.30. The minimum atomic E-state index is -0.320. The molecule has 3 rings (SSSR count). The molecule has 0 bridgehead atoms. The van der Waals surface area contributed by atoms with E-state index in [-0.39, 0.29) is 11.9 Å². The molecule has 0 radical (unpaired) electrons. The molecule has 1 fully saturated rings. The maximum Gasteiger partial charge on any atom is 0.238 e. The van der Waals surface area contributed by atoms with E-state index < -0.39 is 0 Å². The van der Waals surface area contributed by atoms with Crippen molar-refractivity contribution in [1.29, 1.82) is 0 Å². The van der Waals surface area contributed by atoms with Crippen LogP contribution >= 0.6 is 0 Å². The molecule has 100 valence electrons. The zero-order valence-corrected chi connectivity index (χ0v) is 10.5. The number of carbonyl (C=O) groups excluding carboxylic acids is 1. The monoisotopic (exact) mass is 262 g/mol. The molecule has 0 aromatic carbocycles. The van der Waals surface area contributed by atoms with Crippen LogP contribution in [0.1, 0.15) is 11.5 Å². The lowest BCUT2D eigenvalue weighted by Crippen LogP contribution is -2.53. The van der Waals surface area contributed by atoms with Crippen molar-refractivity contribution in [3.8, 4) is 11.6 Å². The molecular formula is C12H14N4O3. The van der Waals surface area contributed by atoms with Gasteiger partial charge in [0, 0.05) is 13.1 Å². The number of amides is 1. The molecule has 1 atom stereocenters. The zero-order valence-electron chi connectivity index (χ0n) is 10.5. The number of nitrogens with zero attached hydrogens (tertiary/aromatic N) is 2. The van der Waals surface area contributed by atoms with E-state index in [2.05, 4.69) is 20.8 Å². The van der Waals surface area contributed by atoms with Crippen molar-refractivity contribution in [2.24, 2.45) is 0 Å². The summed E-state index contributed by atoms with van der Waals surface area (Å²) in [7, 11) is 0. The average Bonchev–Trinajstić information content (AvgIpc) is 3.01. The van der Waals surface area contributed by atoms with Gasteiger partial charge in [0.25, 0.3) is 0 Å². The third-order valence-corrected chi connectivity index (χ3v) is 3.04. The molecule has 2 aromatic heterocycles. The summed E-state index contributed by atoms with van der Waals surface area (Å²) in [6, 6.07) is 1.52. The van der Waals surface area contributed by atoms with Crippen molar-refractivity contribution >= 4 is 5.91 Å². The maximum absolute atomic E-state index is 11.6. The molecular weight excluding hydrogens is 248 g/mol. The fourth-order valence-corrected chi connectivity index (χ4v) is 2.02. The first-order chi connectivity index (χ1) is 9.24. The van der Waals surface area contributed by atoms with Crippen molar-refractivity contribution in [2.75, 3.05) is 13.1 Å². The summed E-state index contributed by atoms with van der Waals surface area (Å²) < 4.78 is 10.4. The van der Waals surface area contributed by atoms with Crippen molar-refractivity contribution < 1.29 is 13.7 Å². The Morgan fingerprint density at radius 3 is 3.11 bits per heavy atom. The average molecular weight is 262 g/mol. The van der Waals surface area contributed by atoms with Crippen LogP contribution in [0.2, 0.25) is 0 Å². The Bertz CT molecular complexity index is 589. The Morgan fingerprint density at radius 2 is 2.37 bits per heavy atom. The molecule has 0 spiro atoms. The number of nitrogens with one attached hydrogen (secondary N) is 2. The Labute approximate surface area is 109 Å². The van der Waals surface area contributed by atoms with E-state index in [1.807, 2.05) is 13.0 Å². The second kappa shape index (κ2) is 4.85. The van der Waals surface area contributed by atoms with E-state index in [0.29, 0.717) is 30.4 Å². The molecule has 1 aliphatic heterocycles. The van der Waals surface area contributed by atoms with Gasteiger partial charge in [0.1, 0.15) is 0 Å². The fraction of sp³-hybridized carbons (Fsp3) is 0.417. The van der Waals surface area contributed by atoms with Crippen molar-refractivity contribution in [3.63, 3.8) is 0 Å². The smallest absolute Gasteiger partial charge is 0.238 e. The number of hydrogen-bond donors (Lipinski definition) is 2. The summed E-state index contributed by atoms with van der Waals surface area (Å²) in [5, 5.41) is 9.77. The highest BCUT2D eigenvalue weighted by molar-refractivity contribution is 5.82. The summed E-state index contributed by atoms with van der Waals surface area (Å²) >= 11 is 0. The lowest BCUT2D eigenvalue weighted by atomic mass is 10.1. The molecule has 2 aromatic rings. The number of furan rings is 1. The highest BCUT2D eigenvalue weighted by Crippen LogP contribution is 2.21. The molecule has 1 unspecified atom stereocenters. The van der Waals surface area contributed by atoms with E-state index in [1.165, 1.54) is 0 Å². The first-order valence-corrected chi connectivity index (χ1v) is 6.12. The molecule has 2 N–H and O–H groups in total. The van der Waals surface area contributed by atoms with E-state index in [9.17, 15) is 4.79 Å². The topological polar surface area (TPSA) is 93.2 Å². The quantitative estimate of drug-likeness (QED) is 0.824. The largest absolute Gasteiger partial charge is 0.461 e. The van der Waals surface area contributed by atoms with Gasteiger partial charge in [-0.3, -0.25) is 4.79 Å². The Hall–Kier alpha value is -2.15. The SMILES string of the molecule is Cc1ccoc1-c1noc(CC2NCCNC2=O)n1. The number of piperazine rings is 1. The molecule has 1 amide bonds. The van der Waals surface area contributed by atoms with Crippen molar-refractivity contribution in [3.05, 3.63) is 23.8 Å². The summed E-state index contributed by atoms with van der Waals surface area (Å²) in [4.78, 5) is 15.9. The van der Waals surface area contributed by atoms with Gasteiger partial charge in [0.05, 0.1) is 18.7 Å². The second-order valence-electron chi connectivity index (χ2n) is 4.45. The van der Waals surface area contributed by atoms with Crippen molar-refractivity contribution in [2.45, 2.75) is 19.4 Å². The Balaban J connectivity index is 1.75. The minimum absolute atomic E-state index is 0.0415. The van der Waals surface area contributed by atoms with Crippen LogP contribution in [0.5, 0.6) is 0 Å². The summed E-state index contributed by atoms with van der Waals surface area (Å²) in [6.07, 6.45) is 1.95. The maximum atomic E-state index is 11.6. The highest BCUT2D eigenvalue weighted by Gasteiger charge is 2.24. The normalized spacial score (nSPS) is 19.4. The standard InChI is InChI=1S/C12H14N4O3/c1-7-2-5-18-10(7)11-15-9(19-16-11)6-8-12(17)14-4-3-13-8/h2,5,8,13H,3-4,6H2,1H3,(H,14,17). The Kier molecular flexibility index (Phi) is 3.04. The molecule has 1 aliphatic rings. The van der Waals surface area contributed by atoms with Crippen molar-refractivity contribution in [1.82, 2.24) is 20.8 Å². The minimum Gasteiger partial charge on any atom is -0.461 e. The summed E-state index contributed by atoms with van der Waals surface area (Å²) in [5.41, 5.74) is 0.945. The van der Waals surface area contributed by atoms with E-state index >= 15 is 0 Å². The summed E-state index contributed by atoms with van der Waals surface area (Å²) in [5.74, 6) is 1.38. The number of aryl methyl sites for hydroxylation is 1. The van der Waals surface area contributed by atoms with E-state index in [4.69, 9.17) is 8.94 Å². The first-order valence-electron chi connectivity index (χ1n) is 6.12. The van der Waals surface area contributed by atoms with Gasteiger partial charge in [0.15, 0.2) is 5.76 Å². The zero-order chi connectivity index (χ0) is 13.2. The van der Waals surface area contributed by atoms with Gasteiger partial charge in [-0.15, -0.1) is 0 Å². The third-order valence-electron chi connectivity index (χ3n) is 3.04. The second-order valence-corrected chi connectivity index (χ2v) is 4.45. The predicted molar refractivity (Wildman–Crippen MR) is 65.2 cm³/mol. The molecule has 1 saturated heterocycles. The van der Waals surface area contributed by atoms with Crippen LogP contribution in [0.4, 0.5) is 0 Å². The van der Waals surface area contributed by atoms with E-state index in [0.717, 1.165) is 12.1 Å². The molecule has 0 saturated carbocycles. The fourth-order valence-electron chi connectivity index (χ4n) is 2.02. The van der Waals surface area contributed by atoms with Gasteiger partial charge < -0.3 is 19.6 Å². The van der Waals surface area contributed by atoms with Gasteiger partial charge in [-0.25, -0.2) is 0 Å². The van der Waals surface area contributed by atoms with Crippen LogP contribution < -0.4 is 10.6 Å². The van der Waals surface area contributed by atoms with Gasteiger partial charge in [-0.2, -0.15) is 4.98 Å². The van der Waals surface area contributed by atoms with Crippen LogP contribution in [-0.4, -0.2) is 35.2 Å². The van der Waals surface area contributed by atoms with Crippen LogP contribution in [0, 0.1) is 6.92 Å². The molecule has 7 nitrogen and oxygen atoms in total. The number of carbonyl (C=O) groups is 1. The Morgan fingerprint density at radius 1 is 1.47 bits per heavy atom. The molecule has 7 heteroatoms. The third kappa shape index (κ3) is 2.37. The van der Waals surface area contributed by atoms with Crippen LogP contribution in [0.25, 0.3) is 11.6 Å². The van der Waals surface area contributed by atoms with E-state index in [1.54, 1.807) is 6.26 Å². The molecule has 3 heterocycles. The van der Waals surface area contributed by atoms with Crippen LogP contribution in [0.3, 0.4) is 0 Å². The lowest BCUT2D eigenvalue weighted by molar-refractivity contribution is -0.124. The lowest BCUT2D eigenvalue weighted by Gasteiger charge is -2.21. The highest BCUT2D eigenvalue weighted by atomic mass is 16.5. The molecule has 19 heavy (non-hydrogen) atoms. The van der Waals surface area contributed by atoms with Crippen LogP contribution in [-0.2, 0) is 11.2 Å². The van der Waals surface area contributed by atoms with Gasteiger partial charge in [-0.1, -0.05) is 5.16 Å². The van der Waals surface area contributed by atoms with Gasteiger partial charge >= 0.3 is 0 Å². The number of hydrogen-bond acceptors (Lipinski definition) is 6. The number of aromatic nitrogens is 2. The molecule has 0 aliphatic carbocycles. The first kappa shape index (κ1) is 11.9. The predicted octanol–water partition coefficient (Wildman–Crippen LogP) is 0.269. The van der Waals surface area contributed by atoms with Crippen LogP contribution in [0.15, 0.2) is 21.3 Å². The van der Waals surface area contributed by atoms with Gasteiger partial charge in [-0.05, 0) is 18.6 Å².